The van der Waals surface area contributed by atoms with Crippen LogP contribution < -0.4 is 4.74 Å². The van der Waals surface area contributed by atoms with Gasteiger partial charge in [0.1, 0.15) is 18.4 Å². The van der Waals surface area contributed by atoms with E-state index in [2.05, 4.69) is 20.9 Å². The van der Waals surface area contributed by atoms with E-state index in [1.807, 2.05) is 6.07 Å². The number of nitrogens with zero attached hydrogens (tertiary/aromatic N) is 2. The summed E-state index contributed by atoms with van der Waals surface area (Å²) in [6, 6.07) is 5.14. The van der Waals surface area contributed by atoms with Crippen LogP contribution in [0, 0.1) is 0 Å². The number of imidazole rings is 1. The van der Waals surface area contributed by atoms with Crippen LogP contribution in [-0.2, 0) is 0 Å². The highest BCUT2D eigenvalue weighted by Crippen LogP contribution is 2.31. The molecule has 0 amide bonds. The molecule has 2 heterocycles. The van der Waals surface area contributed by atoms with Gasteiger partial charge in [0.15, 0.2) is 5.78 Å². The normalized spacial score (nSPS) is 17.6. The lowest BCUT2D eigenvalue weighted by atomic mass is 10.0. The third-order valence-electron chi connectivity index (χ3n) is 2.79. The molecule has 3 rings (SSSR count). The van der Waals surface area contributed by atoms with E-state index in [1.165, 1.54) is 0 Å². The maximum atomic E-state index is 12.3. The second-order valence-electron chi connectivity index (χ2n) is 3.84. The first-order valence-electron chi connectivity index (χ1n) is 5.20. The van der Waals surface area contributed by atoms with Crippen LogP contribution in [0.3, 0.4) is 0 Å². The Morgan fingerprint density at radius 1 is 1.44 bits per heavy atom. The zero-order valence-electron chi connectivity index (χ0n) is 9.25. The number of carbonyl (C=O) groups excluding carboxylic acids is 1. The van der Waals surface area contributed by atoms with Crippen molar-refractivity contribution in [3.05, 3.63) is 47.0 Å². The Morgan fingerprint density at radius 2 is 2.28 bits per heavy atom. The molecular weight excluding hydrogens is 320 g/mol. The SMILES string of the molecule is Cl.O=C1c2cc(Br)ccc2OCC1n1ccnc1. The maximum absolute atomic E-state index is 12.3. The molecule has 18 heavy (non-hydrogen) atoms. The molecule has 1 aliphatic heterocycles. The van der Waals surface area contributed by atoms with Crippen LogP contribution in [0.1, 0.15) is 16.4 Å². The highest BCUT2D eigenvalue weighted by molar-refractivity contribution is 9.10. The maximum Gasteiger partial charge on any atom is 0.192 e. The zero-order chi connectivity index (χ0) is 11.8. The minimum atomic E-state index is -0.320. The van der Waals surface area contributed by atoms with E-state index in [0.29, 0.717) is 17.9 Å². The van der Waals surface area contributed by atoms with Crippen molar-refractivity contribution in [1.29, 1.82) is 0 Å². The summed E-state index contributed by atoms with van der Waals surface area (Å²) in [6.45, 7) is 0.351. The second-order valence-corrected chi connectivity index (χ2v) is 4.76. The number of hydrogen-bond donors (Lipinski definition) is 0. The Hall–Kier alpha value is -1.33. The zero-order valence-corrected chi connectivity index (χ0v) is 11.6. The van der Waals surface area contributed by atoms with Gasteiger partial charge in [-0.2, -0.15) is 0 Å². The first-order chi connectivity index (χ1) is 8.25. The number of halogens is 2. The molecular formula is C12H10BrClN2O2. The first-order valence-corrected chi connectivity index (χ1v) is 5.99. The largest absolute Gasteiger partial charge is 0.490 e. The molecule has 0 bridgehead atoms. The second kappa shape index (κ2) is 5.12. The van der Waals surface area contributed by atoms with Gasteiger partial charge in [-0.15, -0.1) is 12.4 Å². The average molecular weight is 330 g/mol. The van der Waals surface area contributed by atoms with E-state index in [0.717, 1.165) is 4.47 Å². The monoisotopic (exact) mass is 328 g/mol. The van der Waals surface area contributed by atoms with Crippen molar-refractivity contribution < 1.29 is 9.53 Å². The van der Waals surface area contributed by atoms with E-state index >= 15 is 0 Å². The smallest absolute Gasteiger partial charge is 0.192 e. The minimum Gasteiger partial charge on any atom is -0.490 e. The molecule has 0 spiro atoms. The molecule has 0 N–H and O–H groups in total. The lowest BCUT2D eigenvalue weighted by Crippen LogP contribution is -2.29. The summed E-state index contributed by atoms with van der Waals surface area (Å²) < 4.78 is 8.24. The Labute approximate surface area is 119 Å². The number of ether oxygens (including phenoxy) is 1. The van der Waals surface area contributed by atoms with E-state index in [4.69, 9.17) is 4.74 Å². The molecule has 0 radical (unpaired) electrons. The average Bonchev–Trinajstić information content (AvgIpc) is 2.84. The van der Waals surface area contributed by atoms with Gasteiger partial charge >= 0.3 is 0 Å². The van der Waals surface area contributed by atoms with Gasteiger partial charge in [0.05, 0.1) is 11.9 Å². The molecule has 1 aromatic heterocycles. The lowest BCUT2D eigenvalue weighted by Gasteiger charge is -2.24. The number of ketones is 1. The quantitative estimate of drug-likeness (QED) is 0.808. The van der Waals surface area contributed by atoms with Crippen LogP contribution in [0.15, 0.2) is 41.4 Å². The molecule has 1 unspecified atom stereocenters. The van der Waals surface area contributed by atoms with Crippen molar-refractivity contribution >= 4 is 34.1 Å². The molecule has 2 aromatic rings. The summed E-state index contributed by atoms with van der Waals surface area (Å²) in [4.78, 5) is 16.3. The third-order valence-corrected chi connectivity index (χ3v) is 3.28. The fraction of sp³-hybridized carbons (Fsp3) is 0.167. The van der Waals surface area contributed by atoms with Crippen molar-refractivity contribution in [2.75, 3.05) is 6.61 Å². The summed E-state index contributed by atoms with van der Waals surface area (Å²) in [7, 11) is 0. The number of fused-ring (bicyclic) bond motifs is 1. The summed E-state index contributed by atoms with van der Waals surface area (Å²) in [5, 5.41) is 0. The van der Waals surface area contributed by atoms with E-state index in [1.54, 1.807) is 35.4 Å². The molecule has 0 aliphatic carbocycles. The van der Waals surface area contributed by atoms with Gasteiger partial charge in [-0.25, -0.2) is 4.98 Å². The Morgan fingerprint density at radius 3 is 3.00 bits per heavy atom. The van der Waals surface area contributed by atoms with E-state index in [-0.39, 0.29) is 24.2 Å². The Balaban J connectivity index is 0.00000120. The highest BCUT2D eigenvalue weighted by Gasteiger charge is 2.29. The summed E-state index contributed by atoms with van der Waals surface area (Å²) in [5.41, 5.74) is 0.615. The lowest BCUT2D eigenvalue weighted by molar-refractivity contribution is 0.0841. The van der Waals surface area contributed by atoms with Crippen LogP contribution in [0.5, 0.6) is 5.75 Å². The van der Waals surface area contributed by atoms with Gasteiger partial charge in [0, 0.05) is 16.9 Å². The van der Waals surface area contributed by atoms with Crippen LogP contribution in [0.25, 0.3) is 0 Å². The summed E-state index contributed by atoms with van der Waals surface area (Å²) >= 11 is 3.36. The van der Waals surface area contributed by atoms with Crippen molar-refractivity contribution in [3.8, 4) is 5.75 Å². The predicted molar refractivity (Wildman–Crippen MR) is 72.5 cm³/mol. The Bertz CT molecular complexity index is 571. The number of benzene rings is 1. The number of carbonyl (C=O) groups is 1. The number of hydrogen-bond acceptors (Lipinski definition) is 3. The molecule has 1 aromatic carbocycles. The molecule has 0 saturated heterocycles. The van der Waals surface area contributed by atoms with Crippen LogP contribution in [-0.4, -0.2) is 21.9 Å². The Kier molecular flexibility index (Phi) is 3.73. The molecule has 6 heteroatoms. The van der Waals surface area contributed by atoms with Crippen molar-refractivity contribution in [1.82, 2.24) is 9.55 Å². The molecule has 0 fully saturated rings. The predicted octanol–water partition coefficient (Wildman–Crippen LogP) is 2.88. The molecule has 4 nitrogen and oxygen atoms in total. The summed E-state index contributed by atoms with van der Waals surface area (Å²) in [5.74, 6) is 0.708. The molecule has 94 valence electrons. The van der Waals surface area contributed by atoms with Crippen LogP contribution in [0.4, 0.5) is 0 Å². The van der Waals surface area contributed by atoms with Gasteiger partial charge in [-0.05, 0) is 18.2 Å². The van der Waals surface area contributed by atoms with Gasteiger partial charge in [0.2, 0.25) is 0 Å². The minimum absolute atomic E-state index is 0. The highest BCUT2D eigenvalue weighted by atomic mass is 79.9. The van der Waals surface area contributed by atoms with Gasteiger partial charge in [0.25, 0.3) is 0 Å². The standard InChI is InChI=1S/C12H9BrN2O2.ClH/c13-8-1-2-11-9(5-8)12(16)10(6-17-11)15-4-3-14-7-15;/h1-5,7,10H,6H2;1H. The van der Waals surface area contributed by atoms with Crippen LogP contribution in [0.2, 0.25) is 0 Å². The number of rotatable bonds is 1. The molecule has 0 saturated carbocycles. The van der Waals surface area contributed by atoms with Crippen molar-refractivity contribution in [2.45, 2.75) is 6.04 Å². The van der Waals surface area contributed by atoms with Crippen molar-refractivity contribution in [3.63, 3.8) is 0 Å². The van der Waals surface area contributed by atoms with Gasteiger partial charge in [-0.1, -0.05) is 15.9 Å². The van der Waals surface area contributed by atoms with E-state index < -0.39 is 0 Å². The number of aromatic nitrogens is 2. The first kappa shape index (κ1) is 13.1. The fourth-order valence-electron chi connectivity index (χ4n) is 1.92. The summed E-state index contributed by atoms with van der Waals surface area (Å²) in [6.07, 6.45) is 5.06. The molecule has 1 aliphatic rings. The number of Topliss-reactive ketones (excluding diaryl/α,β-unsaturated/α-hetero) is 1. The molecule has 1 atom stereocenters. The van der Waals surface area contributed by atoms with Gasteiger partial charge in [-0.3, -0.25) is 4.79 Å². The topological polar surface area (TPSA) is 44.1 Å². The van der Waals surface area contributed by atoms with Crippen molar-refractivity contribution in [2.24, 2.45) is 0 Å². The van der Waals surface area contributed by atoms with Crippen LogP contribution >= 0.6 is 28.3 Å². The van der Waals surface area contributed by atoms with Gasteiger partial charge < -0.3 is 9.30 Å². The van der Waals surface area contributed by atoms with E-state index in [9.17, 15) is 4.79 Å². The fourth-order valence-corrected chi connectivity index (χ4v) is 2.28. The third kappa shape index (κ3) is 2.15.